The monoisotopic (exact) mass is 387 g/mol. The Hall–Kier alpha value is -2.81. The van der Waals surface area contributed by atoms with Crippen molar-refractivity contribution in [3.63, 3.8) is 0 Å². The molecule has 1 aliphatic carbocycles. The van der Waals surface area contributed by atoms with Crippen LogP contribution in [0, 0.1) is 17.8 Å². The van der Waals surface area contributed by atoms with Gasteiger partial charge >= 0.3 is 5.97 Å². The van der Waals surface area contributed by atoms with Gasteiger partial charge in [0.2, 0.25) is 0 Å². The van der Waals surface area contributed by atoms with E-state index in [1.54, 1.807) is 0 Å². The van der Waals surface area contributed by atoms with Gasteiger partial charge in [-0.1, -0.05) is 42.5 Å². The van der Waals surface area contributed by atoms with E-state index in [4.69, 9.17) is 4.74 Å². The van der Waals surface area contributed by atoms with Crippen molar-refractivity contribution in [1.29, 1.82) is 0 Å². The number of esters is 1. The quantitative estimate of drug-likeness (QED) is 0.363. The van der Waals surface area contributed by atoms with Gasteiger partial charge in [0.25, 0.3) is 0 Å². The third kappa shape index (κ3) is 4.29. The Labute approximate surface area is 173 Å². The largest absolute Gasteiger partial charge is 0.462 e. The summed E-state index contributed by atoms with van der Waals surface area (Å²) < 4.78 is 5.02. The summed E-state index contributed by atoms with van der Waals surface area (Å²) in [6, 6.07) is 16.3. The van der Waals surface area contributed by atoms with E-state index in [-0.39, 0.29) is 5.97 Å². The highest BCUT2D eigenvalue weighted by molar-refractivity contribution is 5.89. The first kappa shape index (κ1) is 19.5. The van der Waals surface area contributed by atoms with Crippen LogP contribution in [-0.4, -0.2) is 25.7 Å². The maximum absolute atomic E-state index is 11.7. The first-order valence-electron chi connectivity index (χ1n) is 10.6. The van der Waals surface area contributed by atoms with Crippen molar-refractivity contribution in [1.82, 2.24) is 0 Å². The fourth-order valence-electron chi connectivity index (χ4n) is 4.74. The number of hydrogen-bond acceptors (Lipinski definition) is 3. The minimum Gasteiger partial charge on any atom is -0.462 e. The van der Waals surface area contributed by atoms with Gasteiger partial charge in [-0.3, -0.25) is 0 Å². The molecule has 1 heterocycles. The molecule has 3 atom stereocenters. The third-order valence-electron chi connectivity index (χ3n) is 6.36. The molecule has 3 heteroatoms. The minimum atomic E-state index is -0.274. The Morgan fingerprint density at radius 2 is 1.69 bits per heavy atom. The van der Waals surface area contributed by atoms with E-state index < -0.39 is 0 Å². The van der Waals surface area contributed by atoms with Crippen LogP contribution in [0.15, 0.2) is 61.2 Å². The number of rotatable bonds is 6. The normalized spacial score (nSPS) is 23.3. The molecule has 2 aliphatic rings. The molecule has 1 saturated heterocycles. The molecule has 150 valence electrons. The fraction of sp³-hybridized carbons (Fsp3) is 0.346. The zero-order valence-corrected chi connectivity index (χ0v) is 17.1. The van der Waals surface area contributed by atoms with Crippen LogP contribution in [-0.2, 0) is 4.74 Å². The summed E-state index contributed by atoms with van der Waals surface area (Å²) in [5.74, 6) is 2.03. The van der Waals surface area contributed by atoms with Crippen LogP contribution in [0.4, 0.5) is 5.69 Å². The minimum absolute atomic E-state index is 0.274. The summed E-state index contributed by atoms with van der Waals surface area (Å²) in [7, 11) is 0. The number of anilines is 1. The van der Waals surface area contributed by atoms with Crippen LogP contribution < -0.4 is 4.90 Å². The Balaban J connectivity index is 1.37. The molecule has 1 aliphatic heterocycles. The average molecular weight is 388 g/mol. The predicted molar refractivity (Wildman–Crippen MR) is 120 cm³/mol. The van der Waals surface area contributed by atoms with E-state index in [0.29, 0.717) is 18.1 Å². The van der Waals surface area contributed by atoms with Crippen LogP contribution >= 0.6 is 0 Å². The number of benzene rings is 2. The van der Waals surface area contributed by atoms with Gasteiger partial charge in [-0.25, -0.2) is 4.79 Å². The van der Waals surface area contributed by atoms with Crippen molar-refractivity contribution in [2.24, 2.45) is 17.8 Å². The zero-order valence-electron chi connectivity index (χ0n) is 17.1. The standard InChI is InChI=1S/C26H29NO2/c1-3-21-13-14-23-17-27(18-25(21)23)24-15-9-20(10-16-24)6-5-19-7-11-22(12-8-19)26(28)29-4-2/h3,5-12,15-16,21,23,25H,1,4,13-14,17-18H2,2H3/b6-5+. The lowest BCUT2D eigenvalue weighted by Gasteiger charge is -2.21. The summed E-state index contributed by atoms with van der Waals surface area (Å²) in [6.07, 6.45) is 9.00. The molecule has 2 aromatic carbocycles. The second kappa shape index (κ2) is 8.69. The van der Waals surface area contributed by atoms with Crippen LogP contribution in [0.5, 0.6) is 0 Å². The molecule has 29 heavy (non-hydrogen) atoms. The first-order valence-corrected chi connectivity index (χ1v) is 10.6. The second-order valence-electron chi connectivity index (χ2n) is 8.07. The molecule has 1 saturated carbocycles. The van der Waals surface area contributed by atoms with Gasteiger partial charge in [0.15, 0.2) is 0 Å². The fourth-order valence-corrected chi connectivity index (χ4v) is 4.74. The summed E-state index contributed by atoms with van der Waals surface area (Å²) >= 11 is 0. The molecule has 0 spiro atoms. The summed E-state index contributed by atoms with van der Waals surface area (Å²) in [4.78, 5) is 14.3. The van der Waals surface area contributed by atoms with E-state index in [2.05, 4.69) is 54.0 Å². The number of fused-ring (bicyclic) bond motifs is 1. The first-order chi connectivity index (χ1) is 14.2. The number of ether oxygens (including phenoxy) is 1. The number of nitrogens with zero attached hydrogens (tertiary/aromatic N) is 1. The topological polar surface area (TPSA) is 29.5 Å². The number of hydrogen-bond donors (Lipinski definition) is 0. The Morgan fingerprint density at radius 1 is 1.03 bits per heavy atom. The third-order valence-corrected chi connectivity index (χ3v) is 6.36. The predicted octanol–water partition coefficient (Wildman–Crippen LogP) is 5.68. The van der Waals surface area contributed by atoms with Crippen molar-refractivity contribution in [2.45, 2.75) is 19.8 Å². The molecule has 0 N–H and O–H groups in total. The maximum Gasteiger partial charge on any atom is 0.338 e. The molecule has 2 fully saturated rings. The molecule has 3 unspecified atom stereocenters. The molecule has 0 radical (unpaired) electrons. The number of allylic oxidation sites excluding steroid dienone is 1. The molecule has 4 rings (SSSR count). The van der Waals surface area contributed by atoms with Crippen molar-refractivity contribution in [2.75, 3.05) is 24.6 Å². The van der Waals surface area contributed by atoms with Crippen molar-refractivity contribution in [3.8, 4) is 0 Å². The van der Waals surface area contributed by atoms with Crippen LogP contribution in [0.2, 0.25) is 0 Å². The van der Waals surface area contributed by atoms with Gasteiger partial charge in [-0.15, -0.1) is 6.58 Å². The highest BCUT2D eigenvalue weighted by Gasteiger charge is 2.41. The SMILES string of the molecule is C=CC1CCC2CN(c3ccc(/C=C/c4ccc(C(=O)OCC)cc4)cc3)CC12. The maximum atomic E-state index is 11.7. The lowest BCUT2D eigenvalue weighted by atomic mass is 9.93. The summed E-state index contributed by atoms with van der Waals surface area (Å²) in [5, 5.41) is 0. The van der Waals surface area contributed by atoms with Crippen molar-refractivity contribution in [3.05, 3.63) is 77.9 Å². The van der Waals surface area contributed by atoms with Crippen LogP contribution in [0.1, 0.15) is 41.3 Å². The van der Waals surface area contributed by atoms with Gasteiger partial charge in [0, 0.05) is 18.8 Å². The van der Waals surface area contributed by atoms with Gasteiger partial charge in [-0.2, -0.15) is 0 Å². The Bertz CT molecular complexity index is 882. The average Bonchev–Trinajstić information content (AvgIpc) is 3.34. The van der Waals surface area contributed by atoms with Crippen molar-refractivity contribution >= 4 is 23.8 Å². The molecule has 0 aromatic heterocycles. The van der Waals surface area contributed by atoms with Gasteiger partial charge in [0.1, 0.15) is 0 Å². The smallest absolute Gasteiger partial charge is 0.338 e. The van der Waals surface area contributed by atoms with E-state index >= 15 is 0 Å². The lowest BCUT2D eigenvalue weighted by molar-refractivity contribution is 0.0526. The highest BCUT2D eigenvalue weighted by Crippen LogP contribution is 2.43. The van der Waals surface area contributed by atoms with E-state index in [1.807, 2.05) is 31.2 Å². The van der Waals surface area contributed by atoms with Gasteiger partial charge in [-0.05, 0) is 72.9 Å². The molecule has 3 nitrogen and oxygen atoms in total. The lowest BCUT2D eigenvalue weighted by Crippen LogP contribution is -2.21. The van der Waals surface area contributed by atoms with E-state index in [1.165, 1.54) is 30.6 Å². The van der Waals surface area contributed by atoms with E-state index in [0.717, 1.165) is 23.9 Å². The highest BCUT2D eigenvalue weighted by atomic mass is 16.5. The van der Waals surface area contributed by atoms with Crippen LogP contribution in [0.3, 0.4) is 0 Å². The van der Waals surface area contributed by atoms with Gasteiger partial charge in [0.05, 0.1) is 12.2 Å². The Kier molecular flexibility index (Phi) is 5.84. The summed E-state index contributed by atoms with van der Waals surface area (Å²) in [5.41, 5.74) is 4.14. The molecular formula is C26H29NO2. The molecule has 2 aromatic rings. The number of carbonyl (C=O) groups is 1. The van der Waals surface area contributed by atoms with Gasteiger partial charge < -0.3 is 9.64 Å². The zero-order chi connectivity index (χ0) is 20.2. The van der Waals surface area contributed by atoms with Crippen LogP contribution in [0.25, 0.3) is 12.2 Å². The van der Waals surface area contributed by atoms with E-state index in [9.17, 15) is 4.79 Å². The molecular weight excluding hydrogens is 358 g/mol. The Morgan fingerprint density at radius 3 is 2.31 bits per heavy atom. The second-order valence-corrected chi connectivity index (χ2v) is 8.07. The summed E-state index contributed by atoms with van der Waals surface area (Å²) in [6.45, 7) is 8.57. The molecule has 0 bridgehead atoms. The molecule has 0 amide bonds. The van der Waals surface area contributed by atoms with Crippen molar-refractivity contribution < 1.29 is 9.53 Å². The number of carbonyl (C=O) groups excluding carboxylic acids is 1.